The smallest absolute Gasteiger partial charge is 0.251 e. The zero-order valence-corrected chi connectivity index (χ0v) is 11.4. The lowest BCUT2D eigenvalue weighted by Gasteiger charge is -2.35. The minimum absolute atomic E-state index is 0.0751. The van der Waals surface area contributed by atoms with E-state index in [0.29, 0.717) is 29.9 Å². The molecule has 0 heterocycles. The van der Waals surface area contributed by atoms with Crippen LogP contribution in [0.2, 0.25) is 0 Å². The van der Waals surface area contributed by atoms with Crippen molar-refractivity contribution in [2.75, 3.05) is 24.7 Å². The number of nitrogen functional groups attached to an aromatic ring is 1. The molecule has 104 valence electrons. The molecule has 1 fully saturated rings. The molecule has 1 amide bonds. The van der Waals surface area contributed by atoms with E-state index in [-0.39, 0.29) is 5.91 Å². The molecule has 1 saturated carbocycles. The average molecular weight is 263 g/mol. The number of carbonyl (C=O) groups excluding carboxylic acids is 1. The SMILES string of the molecule is CCNC(=O)c1ccc(N)c(NC2CC(OC)C2)c1. The largest absolute Gasteiger partial charge is 0.397 e. The van der Waals surface area contributed by atoms with Crippen LogP contribution in [-0.2, 0) is 4.74 Å². The Bertz CT molecular complexity index is 456. The number of hydrogen-bond acceptors (Lipinski definition) is 4. The molecule has 1 aromatic carbocycles. The molecule has 5 heteroatoms. The highest BCUT2D eigenvalue weighted by Gasteiger charge is 2.29. The van der Waals surface area contributed by atoms with Crippen molar-refractivity contribution in [2.24, 2.45) is 0 Å². The molecule has 0 radical (unpaired) electrons. The van der Waals surface area contributed by atoms with Crippen LogP contribution >= 0.6 is 0 Å². The van der Waals surface area contributed by atoms with Crippen molar-refractivity contribution in [3.05, 3.63) is 23.8 Å². The molecule has 19 heavy (non-hydrogen) atoms. The lowest BCUT2D eigenvalue weighted by atomic mass is 9.89. The van der Waals surface area contributed by atoms with Gasteiger partial charge in [-0.05, 0) is 38.0 Å². The Balaban J connectivity index is 2.03. The van der Waals surface area contributed by atoms with Crippen LogP contribution in [0.15, 0.2) is 18.2 Å². The van der Waals surface area contributed by atoms with Crippen molar-refractivity contribution < 1.29 is 9.53 Å². The molecule has 4 N–H and O–H groups in total. The van der Waals surface area contributed by atoms with Crippen LogP contribution in [0.3, 0.4) is 0 Å². The lowest BCUT2D eigenvalue weighted by Crippen LogP contribution is -2.40. The van der Waals surface area contributed by atoms with Gasteiger partial charge in [0.25, 0.3) is 5.91 Å². The van der Waals surface area contributed by atoms with Crippen LogP contribution in [0.25, 0.3) is 0 Å². The topological polar surface area (TPSA) is 76.4 Å². The van der Waals surface area contributed by atoms with E-state index in [2.05, 4.69) is 10.6 Å². The normalized spacial score (nSPS) is 21.6. The highest BCUT2D eigenvalue weighted by Crippen LogP contribution is 2.29. The first-order valence-corrected chi connectivity index (χ1v) is 6.61. The lowest BCUT2D eigenvalue weighted by molar-refractivity contribution is 0.0329. The maximum Gasteiger partial charge on any atom is 0.251 e. The summed E-state index contributed by atoms with van der Waals surface area (Å²) in [6, 6.07) is 5.68. The predicted octanol–water partition coefficient (Wildman–Crippen LogP) is 1.61. The summed E-state index contributed by atoms with van der Waals surface area (Å²) in [5.41, 5.74) is 8.04. The highest BCUT2D eigenvalue weighted by molar-refractivity contribution is 5.96. The van der Waals surface area contributed by atoms with Crippen molar-refractivity contribution in [1.82, 2.24) is 5.32 Å². The van der Waals surface area contributed by atoms with Crippen molar-refractivity contribution >= 4 is 17.3 Å². The van der Waals surface area contributed by atoms with Crippen LogP contribution in [0.4, 0.5) is 11.4 Å². The van der Waals surface area contributed by atoms with Crippen molar-refractivity contribution in [1.29, 1.82) is 0 Å². The predicted molar refractivity (Wildman–Crippen MR) is 76.3 cm³/mol. The number of hydrogen-bond donors (Lipinski definition) is 3. The number of nitrogens with one attached hydrogen (secondary N) is 2. The van der Waals surface area contributed by atoms with Gasteiger partial charge in [-0.25, -0.2) is 0 Å². The molecular formula is C14H21N3O2. The molecule has 0 atom stereocenters. The van der Waals surface area contributed by atoms with E-state index >= 15 is 0 Å². The van der Waals surface area contributed by atoms with Gasteiger partial charge in [0, 0.05) is 25.3 Å². The summed E-state index contributed by atoms with van der Waals surface area (Å²) < 4.78 is 5.24. The number of carbonyl (C=O) groups is 1. The second-order valence-electron chi connectivity index (χ2n) is 4.83. The van der Waals surface area contributed by atoms with Gasteiger partial charge in [-0.1, -0.05) is 0 Å². The van der Waals surface area contributed by atoms with Crippen molar-refractivity contribution in [3.63, 3.8) is 0 Å². The van der Waals surface area contributed by atoms with Gasteiger partial charge >= 0.3 is 0 Å². The summed E-state index contributed by atoms with van der Waals surface area (Å²) in [4.78, 5) is 11.8. The monoisotopic (exact) mass is 263 g/mol. The van der Waals surface area contributed by atoms with Crippen molar-refractivity contribution in [3.8, 4) is 0 Å². The summed E-state index contributed by atoms with van der Waals surface area (Å²) in [5.74, 6) is -0.0751. The third kappa shape index (κ3) is 3.17. The van der Waals surface area contributed by atoms with Crippen LogP contribution < -0.4 is 16.4 Å². The molecule has 1 aliphatic carbocycles. The molecular weight excluding hydrogens is 242 g/mol. The maximum absolute atomic E-state index is 11.8. The summed E-state index contributed by atoms with van der Waals surface area (Å²) in [5, 5.41) is 6.14. The zero-order valence-electron chi connectivity index (χ0n) is 11.4. The molecule has 0 aliphatic heterocycles. The first-order valence-electron chi connectivity index (χ1n) is 6.61. The Morgan fingerprint density at radius 3 is 2.84 bits per heavy atom. The van der Waals surface area contributed by atoms with Crippen LogP contribution in [0.1, 0.15) is 30.1 Å². The fourth-order valence-corrected chi connectivity index (χ4v) is 2.18. The van der Waals surface area contributed by atoms with Gasteiger partial charge in [-0.2, -0.15) is 0 Å². The average Bonchev–Trinajstić information content (AvgIpc) is 2.35. The second kappa shape index (κ2) is 5.93. The van der Waals surface area contributed by atoms with Gasteiger partial charge < -0.3 is 21.1 Å². The summed E-state index contributed by atoms with van der Waals surface area (Å²) in [7, 11) is 1.73. The number of anilines is 2. The molecule has 0 unspecified atom stereocenters. The Morgan fingerprint density at radius 2 is 2.21 bits per heavy atom. The quantitative estimate of drug-likeness (QED) is 0.705. The third-order valence-corrected chi connectivity index (χ3v) is 3.44. The van der Waals surface area contributed by atoms with Crippen LogP contribution in [-0.4, -0.2) is 31.7 Å². The number of amides is 1. The number of nitrogens with two attached hydrogens (primary N) is 1. The van der Waals surface area contributed by atoms with E-state index in [9.17, 15) is 4.79 Å². The van der Waals surface area contributed by atoms with Gasteiger partial charge in [0.15, 0.2) is 0 Å². The Morgan fingerprint density at radius 1 is 1.47 bits per heavy atom. The number of ether oxygens (including phenoxy) is 1. The first kappa shape index (κ1) is 13.7. The van der Waals surface area contributed by atoms with E-state index in [0.717, 1.165) is 18.5 Å². The van der Waals surface area contributed by atoms with Gasteiger partial charge in [0.05, 0.1) is 17.5 Å². The number of benzene rings is 1. The maximum atomic E-state index is 11.8. The molecule has 1 aliphatic rings. The van der Waals surface area contributed by atoms with E-state index in [1.54, 1.807) is 25.3 Å². The second-order valence-corrected chi connectivity index (χ2v) is 4.83. The van der Waals surface area contributed by atoms with E-state index in [1.807, 2.05) is 6.92 Å². The standard InChI is InChI=1S/C14H21N3O2/c1-3-16-14(18)9-4-5-12(15)13(6-9)17-10-7-11(8-10)19-2/h4-6,10-11,17H,3,7-8,15H2,1-2H3,(H,16,18). The molecule has 0 aromatic heterocycles. The Kier molecular flexibility index (Phi) is 4.27. The fourth-order valence-electron chi connectivity index (χ4n) is 2.18. The zero-order chi connectivity index (χ0) is 13.8. The van der Waals surface area contributed by atoms with Gasteiger partial charge in [-0.15, -0.1) is 0 Å². The number of methoxy groups -OCH3 is 1. The van der Waals surface area contributed by atoms with Gasteiger partial charge in [0.2, 0.25) is 0 Å². The van der Waals surface area contributed by atoms with Gasteiger partial charge in [0.1, 0.15) is 0 Å². The summed E-state index contributed by atoms with van der Waals surface area (Å²) in [6.45, 7) is 2.51. The third-order valence-electron chi connectivity index (χ3n) is 3.44. The van der Waals surface area contributed by atoms with Crippen LogP contribution in [0, 0.1) is 0 Å². The fraction of sp³-hybridized carbons (Fsp3) is 0.500. The van der Waals surface area contributed by atoms with Crippen molar-refractivity contribution in [2.45, 2.75) is 31.9 Å². The van der Waals surface area contributed by atoms with E-state index in [1.165, 1.54) is 0 Å². The molecule has 1 aromatic rings. The summed E-state index contributed by atoms with van der Waals surface area (Å²) >= 11 is 0. The van der Waals surface area contributed by atoms with Crippen LogP contribution in [0.5, 0.6) is 0 Å². The van der Waals surface area contributed by atoms with E-state index in [4.69, 9.17) is 10.5 Å². The summed E-state index contributed by atoms with van der Waals surface area (Å²) in [6.07, 6.45) is 2.29. The highest BCUT2D eigenvalue weighted by atomic mass is 16.5. The number of rotatable bonds is 5. The Labute approximate surface area is 113 Å². The molecule has 2 rings (SSSR count). The minimum atomic E-state index is -0.0751. The minimum Gasteiger partial charge on any atom is -0.397 e. The molecule has 0 saturated heterocycles. The molecule has 5 nitrogen and oxygen atoms in total. The first-order chi connectivity index (χ1) is 9.13. The van der Waals surface area contributed by atoms with Gasteiger partial charge in [-0.3, -0.25) is 4.79 Å². The van der Waals surface area contributed by atoms with E-state index < -0.39 is 0 Å². The molecule has 0 spiro atoms. The molecule has 0 bridgehead atoms. The Hall–Kier alpha value is -1.75.